The van der Waals surface area contributed by atoms with Crippen LogP contribution in [0, 0.1) is 0 Å². The van der Waals surface area contributed by atoms with E-state index in [0.29, 0.717) is 11.8 Å². The Morgan fingerprint density at radius 2 is 1.50 bits per heavy atom. The second-order valence-corrected chi connectivity index (χ2v) is 4.67. The molecule has 18 heavy (non-hydrogen) atoms. The van der Waals surface area contributed by atoms with Gasteiger partial charge in [-0.3, -0.25) is 4.79 Å². The minimum Gasteiger partial charge on any atom is -0.508 e. The first-order valence-electron chi connectivity index (χ1n) is 6.01. The SMILES string of the molecule is CC(C)OC(C=O)(OC(C)C)c1ccc(O)cc1. The molecule has 0 radical (unpaired) electrons. The van der Waals surface area contributed by atoms with Crippen LogP contribution in [0.1, 0.15) is 33.3 Å². The Balaban J connectivity index is 3.15. The average Bonchev–Trinajstić information content (AvgIpc) is 2.27. The number of phenolic OH excluding ortho intramolecular Hbond substituents is 1. The third kappa shape index (κ3) is 3.55. The van der Waals surface area contributed by atoms with E-state index in [9.17, 15) is 9.90 Å². The summed E-state index contributed by atoms with van der Waals surface area (Å²) in [5.41, 5.74) is 0.567. The Labute approximate surface area is 108 Å². The van der Waals surface area contributed by atoms with Gasteiger partial charge in [0.2, 0.25) is 0 Å². The molecule has 4 heteroatoms. The molecular formula is C14H20O4. The van der Waals surface area contributed by atoms with Gasteiger partial charge >= 0.3 is 0 Å². The number of phenols is 1. The lowest BCUT2D eigenvalue weighted by atomic mass is 10.1. The van der Waals surface area contributed by atoms with Crippen LogP contribution in [0.2, 0.25) is 0 Å². The Morgan fingerprint density at radius 3 is 1.83 bits per heavy atom. The molecule has 100 valence electrons. The van der Waals surface area contributed by atoms with Gasteiger partial charge in [0.1, 0.15) is 5.75 Å². The van der Waals surface area contributed by atoms with E-state index < -0.39 is 5.79 Å². The molecular weight excluding hydrogens is 232 g/mol. The summed E-state index contributed by atoms with van der Waals surface area (Å²) in [7, 11) is 0. The predicted octanol–water partition coefficient (Wildman–Crippen LogP) is 2.59. The zero-order valence-electron chi connectivity index (χ0n) is 11.2. The number of carbonyl (C=O) groups excluding carboxylic acids is 1. The normalized spacial score (nSPS) is 12.1. The highest BCUT2D eigenvalue weighted by Crippen LogP contribution is 2.29. The summed E-state index contributed by atoms with van der Waals surface area (Å²) in [6, 6.07) is 6.24. The lowest BCUT2D eigenvalue weighted by Crippen LogP contribution is -2.39. The van der Waals surface area contributed by atoms with E-state index >= 15 is 0 Å². The Kier molecular flexibility index (Phi) is 4.87. The third-order valence-electron chi connectivity index (χ3n) is 2.25. The average molecular weight is 252 g/mol. The number of hydrogen-bond acceptors (Lipinski definition) is 4. The van der Waals surface area contributed by atoms with Crippen molar-refractivity contribution < 1.29 is 19.4 Å². The number of aldehydes is 1. The molecule has 0 unspecified atom stereocenters. The van der Waals surface area contributed by atoms with Crippen molar-refractivity contribution in [3.8, 4) is 5.75 Å². The Bertz CT molecular complexity index is 371. The maximum Gasteiger partial charge on any atom is 0.253 e. The molecule has 1 aromatic rings. The summed E-state index contributed by atoms with van der Waals surface area (Å²) in [5.74, 6) is -1.29. The number of rotatable bonds is 6. The predicted molar refractivity (Wildman–Crippen MR) is 68.3 cm³/mol. The largest absolute Gasteiger partial charge is 0.508 e. The first-order chi connectivity index (χ1) is 8.39. The first kappa shape index (κ1) is 14.7. The molecule has 0 aliphatic carbocycles. The summed E-state index contributed by atoms with van der Waals surface area (Å²) >= 11 is 0. The van der Waals surface area contributed by atoms with Crippen molar-refractivity contribution in [1.29, 1.82) is 0 Å². The van der Waals surface area contributed by atoms with Crippen LogP contribution in [0.4, 0.5) is 0 Å². The molecule has 0 aliphatic heterocycles. The zero-order chi connectivity index (χ0) is 13.8. The zero-order valence-corrected chi connectivity index (χ0v) is 11.2. The van der Waals surface area contributed by atoms with Gasteiger partial charge in [0.05, 0.1) is 12.2 Å². The molecule has 0 aromatic heterocycles. The highest BCUT2D eigenvalue weighted by molar-refractivity contribution is 5.64. The van der Waals surface area contributed by atoms with Crippen molar-refractivity contribution in [3.63, 3.8) is 0 Å². The maximum absolute atomic E-state index is 11.5. The van der Waals surface area contributed by atoms with Crippen LogP contribution in [0.25, 0.3) is 0 Å². The standard InChI is InChI=1S/C14H20O4/c1-10(2)17-14(9-15,18-11(3)4)12-5-7-13(16)8-6-12/h5-11,16H,1-4H3. The van der Waals surface area contributed by atoms with Crippen LogP contribution < -0.4 is 0 Å². The van der Waals surface area contributed by atoms with E-state index in [1.165, 1.54) is 12.1 Å². The number of hydrogen-bond donors (Lipinski definition) is 1. The van der Waals surface area contributed by atoms with E-state index in [0.717, 1.165) is 0 Å². The van der Waals surface area contributed by atoms with Gasteiger partial charge in [-0.1, -0.05) is 0 Å². The fraction of sp³-hybridized carbons (Fsp3) is 0.500. The van der Waals surface area contributed by atoms with Crippen LogP contribution >= 0.6 is 0 Å². The Hall–Kier alpha value is -1.39. The topological polar surface area (TPSA) is 55.8 Å². The molecule has 0 spiro atoms. The molecule has 0 aliphatic rings. The monoisotopic (exact) mass is 252 g/mol. The highest BCUT2D eigenvalue weighted by atomic mass is 16.7. The van der Waals surface area contributed by atoms with Crippen molar-refractivity contribution in [3.05, 3.63) is 29.8 Å². The van der Waals surface area contributed by atoms with Crippen LogP contribution in [0.3, 0.4) is 0 Å². The molecule has 0 saturated carbocycles. The molecule has 0 saturated heterocycles. The van der Waals surface area contributed by atoms with Crippen molar-refractivity contribution in [2.75, 3.05) is 0 Å². The van der Waals surface area contributed by atoms with Gasteiger partial charge in [0.15, 0.2) is 6.29 Å². The molecule has 0 atom stereocenters. The summed E-state index contributed by atoms with van der Waals surface area (Å²) in [5, 5.41) is 9.29. The molecule has 0 bridgehead atoms. The summed E-state index contributed by atoms with van der Waals surface area (Å²) in [4.78, 5) is 11.5. The van der Waals surface area contributed by atoms with Crippen molar-refractivity contribution in [2.24, 2.45) is 0 Å². The molecule has 0 heterocycles. The molecule has 1 aromatic carbocycles. The van der Waals surface area contributed by atoms with Crippen LogP contribution in [-0.4, -0.2) is 23.6 Å². The molecule has 1 N–H and O–H groups in total. The van der Waals surface area contributed by atoms with E-state index in [4.69, 9.17) is 9.47 Å². The summed E-state index contributed by atoms with van der Waals surface area (Å²) in [6.45, 7) is 7.34. The number of ether oxygens (including phenoxy) is 2. The maximum atomic E-state index is 11.5. The second kappa shape index (κ2) is 5.98. The summed E-state index contributed by atoms with van der Waals surface area (Å²) < 4.78 is 11.3. The molecule has 4 nitrogen and oxygen atoms in total. The lowest BCUT2D eigenvalue weighted by molar-refractivity contribution is -0.253. The van der Waals surface area contributed by atoms with Crippen molar-refractivity contribution >= 4 is 6.29 Å². The minimum absolute atomic E-state index is 0.132. The quantitative estimate of drug-likeness (QED) is 0.624. The third-order valence-corrected chi connectivity index (χ3v) is 2.25. The van der Waals surface area contributed by atoms with Crippen LogP contribution in [0.15, 0.2) is 24.3 Å². The minimum atomic E-state index is -1.42. The van der Waals surface area contributed by atoms with E-state index in [-0.39, 0.29) is 18.0 Å². The molecule has 0 amide bonds. The van der Waals surface area contributed by atoms with Gasteiger partial charge in [-0.2, -0.15) is 0 Å². The number of carbonyl (C=O) groups is 1. The molecule has 0 fully saturated rings. The van der Waals surface area contributed by atoms with Gasteiger partial charge in [-0.25, -0.2) is 0 Å². The van der Waals surface area contributed by atoms with E-state index in [2.05, 4.69) is 0 Å². The van der Waals surface area contributed by atoms with Gasteiger partial charge in [0.25, 0.3) is 5.79 Å². The van der Waals surface area contributed by atoms with Gasteiger partial charge in [0, 0.05) is 5.56 Å². The summed E-state index contributed by atoms with van der Waals surface area (Å²) in [6.07, 6.45) is 0.324. The Morgan fingerprint density at radius 1 is 1.06 bits per heavy atom. The second-order valence-electron chi connectivity index (χ2n) is 4.67. The van der Waals surface area contributed by atoms with Gasteiger partial charge in [-0.15, -0.1) is 0 Å². The van der Waals surface area contributed by atoms with Crippen LogP contribution in [-0.2, 0) is 20.1 Å². The lowest BCUT2D eigenvalue weighted by Gasteiger charge is -2.32. The van der Waals surface area contributed by atoms with Crippen LogP contribution in [0.5, 0.6) is 5.75 Å². The number of benzene rings is 1. The van der Waals surface area contributed by atoms with E-state index in [1.54, 1.807) is 12.1 Å². The first-order valence-corrected chi connectivity index (χ1v) is 6.01. The van der Waals surface area contributed by atoms with Gasteiger partial charge in [-0.05, 0) is 52.0 Å². The highest BCUT2D eigenvalue weighted by Gasteiger charge is 2.36. The fourth-order valence-electron chi connectivity index (χ4n) is 1.68. The smallest absolute Gasteiger partial charge is 0.253 e. The molecule has 1 rings (SSSR count). The van der Waals surface area contributed by atoms with Crippen molar-refractivity contribution in [1.82, 2.24) is 0 Å². The fourth-order valence-corrected chi connectivity index (χ4v) is 1.68. The van der Waals surface area contributed by atoms with Gasteiger partial charge < -0.3 is 14.6 Å². The van der Waals surface area contributed by atoms with Crippen molar-refractivity contribution in [2.45, 2.75) is 45.7 Å². The van der Waals surface area contributed by atoms with E-state index in [1.807, 2.05) is 27.7 Å². The number of aromatic hydroxyl groups is 1.